The minimum absolute atomic E-state index is 0.0675. The van der Waals surface area contributed by atoms with E-state index in [0.29, 0.717) is 24.4 Å². The average molecular weight is 450 g/mol. The Bertz CT molecular complexity index is 1000. The molecule has 0 aliphatic carbocycles. The Labute approximate surface area is 179 Å². The Kier molecular flexibility index (Phi) is 8.11. The molecule has 1 aliphatic heterocycles. The summed E-state index contributed by atoms with van der Waals surface area (Å²) in [6, 6.07) is 15.4. The summed E-state index contributed by atoms with van der Waals surface area (Å²) in [7, 11) is -2.03. The zero-order valence-corrected chi connectivity index (χ0v) is 17.5. The number of aliphatic carboxylic acids is 2. The summed E-state index contributed by atoms with van der Waals surface area (Å²) in [6.07, 6.45) is 0. The van der Waals surface area contributed by atoms with Crippen molar-refractivity contribution in [2.75, 3.05) is 33.3 Å². The van der Waals surface area contributed by atoms with Crippen molar-refractivity contribution in [1.29, 1.82) is 0 Å². The van der Waals surface area contributed by atoms with Crippen LogP contribution in [0.25, 0.3) is 0 Å². The lowest BCUT2D eigenvalue weighted by molar-refractivity contribution is -0.159. The van der Waals surface area contributed by atoms with Gasteiger partial charge in [-0.3, -0.25) is 4.79 Å². The second kappa shape index (κ2) is 10.5. The third-order valence-electron chi connectivity index (χ3n) is 4.43. The molecule has 0 atom stereocenters. The summed E-state index contributed by atoms with van der Waals surface area (Å²) in [5, 5.41) is 14.8. The lowest BCUT2D eigenvalue weighted by Gasteiger charge is -2.34. The van der Waals surface area contributed by atoms with Crippen molar-refractivity contribution in [1.82, 2.24) is 9.21 Å². The van der Waals surface area contributed by atoms with Crippen molar-refractivity contribution < 1.29 is 37.8 Å². The summed E-state index contributed by atoms with van der Waals surface area (Å²) in [5.74, 6) is -3.11. The van der Waals surface area contributed by atoms with E-state index in [2.05, 4.69) is 0 Å². The molecule has 0 aromatic heterocycles. The van der Waals surface area contributed by atoms with Crippen LogP contribution in [0.4, 0.5) is 0 Å². The normalized spacial score (nSPS) is 14.2. The minimum Gasteiger partial charge on any atom is -0.497 e. The summed E-state index contributed by atoms with van der Waals surface area (Å²) in [4.78, 5) is 32.6. The highest BCUT2D eigenvalue weighted by atomic mass is 32.2. The number of benzene rings is 2. The number of carboxylic acids is 2. The number of sulfonamides is 1. The van der Waals surface area contributed by atoms with Crippen LogP contribution < -0.4 is 4.74 Å². The van der Waals surface area contributed by atoms with Gasteiger partial charge in [-0.25, -0.2) is 18.0 Å². The van der Waals surface area contributed by atoms with E-state index in [1.165, 1.54) is 23.5 Å². The number of amides is 1. The third kappa shape index (κ3) is 6.27. The second-order valence-corrected chi connectivity index (χ2v) is 8.29. The van der Waals surface area contributed by atoms with E-state index in [4.69, 9.17) is 24.5 Å². The fraction of sp³-hybridized carbons (Fsp3) is 0.250. The highest BCUT2D eigenvalue weighted by Crippen LogP contribution is 2.21. The van der Waals surface area contributed by atoms with E-state index >= 15 is 0 Å². The van der Waals surface area contributed by atoms with Gasteiger partial charge >= 0.3 is 11.9 Å². The number of hydrogen-bond acceptors (Lipinski definition) is 6. The maximum Gasteiger partial charge on any atom is 0.414 e. The fourth-order valence-electron chi connectivity index (χ4n) is 2.79. The van der Waals surface area contributed by atoms with Crippen molar-refractivity contribution in [2.45, 2.75) is 4.90 Å². The van der Waals surface area contributed by atoms with Crippen molar-refractivity contribution in [3.8, 4) is 5.75 Å². The lowest BCUT2D eigenvalue weighted by atomic mass is 10.2. The van der Waals surface area contributed by atoms with Gasteiger partial charge in [0.2, 0.25) is 10.0 Å². The molecule has 2 aromatic carbocycles. The van der Waals surface area contributed by atoms with Gasteiger partial charge in [-0.05, 0) is 36.4 Å². The zero-order valence-electron chi connectivity index (χ0n) is 16.7. The molecule has 1 fully saturated rings. The monoisotopic (exact) mass is 450 g/mol. The number of nitrogens with zero attached hydrogens (tertiary/aromatic N) is 2. The molecule has 0 saturated carbocycles. The largest absolute Gasteiger partial charge is 0.497 e. The van der Waals surface area contributed by atoms with Gasteiger partial charge in [0, 0.05) is 31.7 Å². The van der Waals surface area contributed by atoms with Gasteiger partial charge in [-0.15, -0.1) is 0 Å². The van der Waals surface area contributed by atoms with E-state index in [0.717, 1.165) is 0 Å². The van der Waals surface area contributed by atoms with Gasteiger partial charge < -0.3 is 19.8 Å². The molecular formula is C20H22N2O8S. The molecule has 1 heterocycles. The molecule has 0 spiro atoms. The SMILES string of the molecule is COc1ccc(S(=O)(=O)N2CCN(C(=O)c3ccccc3)CC2)cc1.O=C(O)C(=O)O. The van der Waals surface area contributed by atoms with Crippen LogP contribution in [0.15, 0.2) is 59.5 Å². The van der Waals surface area contributed by atoms with Gasteiger partial charge in [0.1, 0.15) is 5.75 Å². The van der Waals surface area contributed by atoms with Crippen LogP contribution in [-0.4, -0.2) is 79.0 Å². The average Bonchev–Trinajstić information content (AvgIpc) is 2.79. The first-order valence-corrected chi connectivity index (χ1v) is 10.6. The molecule has 3 rings (SSSR count). The van der Waals surface area contributed by atoms with Crippen LogP contribution in [0.2, 0.25) is 0 Å². The van der Waals surface area contributed by atoms with Crippen molar-refractivity contribution in [3.05, 3.63) is 60.2 Å². The zero-order chi connectivity index (χ0) is 23.0. The van der Waals surface area contributed by atoms with E-state index in [9.17, 15) is 13.2 Å². The van der Waals surface area contributed by atoms with Gasteiger partial charge in [-0.2, -0.15) is 4.31 Å². The highest BCUT2D eigenvalue weighted by molar-refractivity contribution is 7.89. The number of methoxy groups -OCH3 is 1. The van der Waals surface area contributed by atoms with E-state index < -0.39 is 22.0 Å². The molecule has 166 valence electrons. The van der Waals surface area contributed by atoms with Crippen LogP contribution in [0.3, 0.4) is 0 Å². The number of hydrogen-bond donors (Lipinski definition) is 2. The Morgan fingerprint density at radius 2 is 1.35 bits per heavy atom. The standard InChI is InChI=1S/C18H20N2O4S.C2H2O4/c1-24-16-7-9-17(10-8-16)25(22,23)20-13-11-19(12-14-20)18(21)15-5-3-2-4-6-15;3-1(4)2(5)6/h2-10H,11-14H2,1H3;(H,3,4)(H,5,6). The van der Waals surface area contributed by atoms with Gasteiger partial charge in [0.15, 0.2) is 0 Å². The second-order valence-electron chi connectivity index (χ2n) is 6.35. The van der Waals surface area contributed by atoms with Crippen LogP contribution in [0, 0.1) is 0 Å². The molecule has 0 unspecified atom stereocenters. The van der Waals surface area contributed by atoms with Crippen LogP contribution >= 0.6 is 0 Å². The molecule has 11 heteroatoms. The van der Waals surface area contributed by atoms with Crippen molar-refractivity contribution in [2.24, 2.45) is 0 Å². The van der Waals surface area contributed by atoms with Crippen LogP contribution in [-0.2, 0) is 19.6 Å². The quantitative estimate of drug-likeness (QED) is 0.657. The Morgan fingerprint density at radius 1 is 0.839 bits per heavy atom. The maximum absolute atomic E-state index is 12.7. The van der Waals surface area contributed by atoms with Gasteiger partial charge in [0.05, 0.1) is 12.0 Å². The molecule has 0 bridgehead atoms. The Hall–Kier alpha value is -3.44. The Morgan fingerprint density at radius 3 is 1.81 bits per heavy atom. The lowest BCUT2D eigenvalue weighted by Crippen LogP contribution is -2.50. The third-order valence-corrected chi connectivity index (χ3v) is 6.34. The summed E-state index contributed by atoms with van der Waals surface area (Å²) in [5.41, 5.74) is 0.619. The topological polar surface area (TPSA) is 142 Å². The molecule has 1 aliphatic rings. The summed E-state index contributed by atoms with van der Waals surface area (Å²) < 4.78 is 31.9. The minimum atomic E-state index is -3.56. The number of ether oxygens (including phenoxy) is 1. The smallest absolute Gasteiger partial charge is 0.414 e. The number of carboxylic acid groups (broad SMARTS) is 2. The van der Waals surface area contributed by atoms with Crippen molar-refractivity contribution >= 4 is 27.9 Å². The van der Waals surface area contributed by atoms with Crippen LogP contribution in [0.1, 0.15) is 10.4 Å². The predicted molar refractivity (Wildman–Crippen MR) is 109 cm³/mol. The number of rotatable bonds is 4. The van der Waals surface area contributed by atoms with E-state index in [1.807, 2.05) is 18.2 Å². The van der Waals surface area contributed by atoms with E-state index in [-0.39, 0.29) is 23.9 Å². The predicted octanol–water partition coefficient (Wildman–Crippen LogP) is 0.997. The maximum atomic E-state index is 12.7. The van der Waals surface area contributed by atoms with Crippen molar-refractivity contribution in [3.63, 3.8) is 0 Å². The molecule has 2 aromatic rings. The summed E-state index contributed by atoms with van der Waals surface area (Å²) in [6.45, 7) is 1.33. The molecular weight excluding hydrogens is 428 g/mol. The van der Waals surface area contributed by atoms with Crippen LogP contribution in [0.5, 0.6) is 5.75 Å². The van der Waals surface area contributed by atoms with E-state index in [1.54, 1.807) is 29.2 Å². The van der Waals surface area contributed by atoms with Gasteiger partial charge in [-0.1, -0.05) is 18.2 Å². The first kappa shape index (κ1) is 23.8. The molecule has 10 nitrogen and oxygen atoms in total. The summed E-state index contributed by atoms with van der Waals surface area (Å²) >= 11 is 0. The number of piperazine rings is 1. The molecule has 1 saturated heterocycles. The first-order chi connectivity index (χ1) is 14.7. The molecule has 31 heavy (non-hydrogen) atoms. The number of carbonyl (C=O) groups is 3. The fourth-order valence-corrected chi connectivity index (χ4v) is 4.21. The highest BCUT2D eigenvalue weighted by Gasteiger charge is 2.30. The first-order valence-electron chi connectivity index (χ1n) is 9.11. The molecule has 2 N–H and O–H groups in total. The molecule has 0 radical (unpaired) electrons. The molecule has 1 amide bonds. The van der Waals surface area contributed by atoms with Gasteiger partial charge in [0.25, 0.3) is 5.91 Å². The number of carbonyl (C=O) groups excluding carboxylic acids is 1. The Balaban J connectivity index is 0.000000501.